The zero-order chi connectivity index (χ0) is 28.1. The maximum atomic E-state index is 9.89. The Labute approximate surface area is 246 Å². The third kappa shape index (κ3) is 3.20. The van der Waals surface area contributed by atoms with Crippen molar-refractivity contribution in [1.82, 2.24) is 15.0 Å². The van der Waals surface area contributed by atoms with Gasteiger partial charge >= 0.3 is 0 Å². The van der Waals surface area contributed by atoms with E-state index in [9.17, 15) is 5.26 Å². The molecule has 0 aliphatic heterocycles. The van der Waals surface area contributed by atoms with Gasteiger partial charge < -0.3 is 0 Å². The number of fused-ring (bicyclic) bond motifs is 2. The highest BCUT2D eigenvalue weighted by molar-refractivity contribution is 5.89. The molecule has 3 aromatic carbocycles. The summed E-state index contributed by atoms with van der Waals surface area (Å²) in [6.45, 7) is 2.31. The molecule has 6 aliphatic carbocycles. The third-order valence-electron chi connectivity index (χ3n) is 11.3. The summed E-state index contributed by atoms with van der Waals surface area (Å²) in [5, 5.41) is 9.89. The van der Waals surface area contributed by atoms with Crippen molar-refractivity contribution in [3.8, 4) is 28.8 Å². The largest absolute Gasteiger partial charge is 0.212 e. The van der Waals surface area contributed by atoms with Crippen LogP contribution < -0.4 is 0 Å². The van der Waals surface area contributed by atoms with E-state index in [0.717, 1.165) is 52.4 Å². The van der Waals surface area contributed by atoms with E-state index in [4.69, 9.17) is 15.0 Å². The highest BCUT2D eigenvalue weighted by atomic mass is 15.0. The van der Waals surface area contributed by atoms with E-state index in [-0.39, 0.29) is 10.8 Å². The van der Waals surface area contributed by atoms with Gasteiger partial charge in [-0.1, -0.05) is 78.9 Å². The molecule has 4 nitrogen and oxygen atoms in total. The number of nitrogens with zero attached hydrogens (tertiary/aromatic N) is 4. The number of benzene rings is 3. The highest BCUT2D eigenvalue weighted by Crippen LogP contribution is 2.74. The van der Waals surface area contributed by atoms with Gasteiger partial charge in [0.05, 0.1) is 11.6 Å². The standard InChI is InChI=1S/C38H32N4/c1-37(36-41-34(25-8-4-2-5-9-25)40-35(42-36)26-10-6-3-7-11-26)15-14-30-29-13-12-23(22-39)18-32(29)38(33(30)21-37)28-17-24-16-27(20-28)31(38)19-24/h2-15,18,24,27-28,31H,16-17,19-21H2,1H3. The van der Waals surface area contributed by atoms with E-state index in [2.05, 4.69) is 61.5 Å². The van der Waals surface area contributed by atoms with Gasteiger partial charge in [-0.3, -0.25) is 0 Å². The van der Waals surface area contributed by atoms with Gasteiger partial charge in [-0.25, -0.2) is 15.0 Å². The van der Waals surface area contributed by atoms with Crippen LogP contribution in [0.3, 0.4) is 0 Å². The lowest BCUT2D eigenvalue weighted by atomic mass is 9.56. The predicted molar refractivity (Wildman–Crippen MR) is 164 cm³/mol. The molecule has 0 saturated heterocycles. The third-order valence-corrected chi connectivity index (χ3v) is 11.3. The van der Waals surface area contributed by atoms with E-state index in [1.807, 2.05) is 42.5 Å². The summed E-state index contributed by atoms with van der Waals surface area (Å²) in [7, 11) is 0. The second-order valence-electron chi connectivity index (χ2n) is 13.5. The van der Waals surface area contributed by atoms with Gasteiger partial charge in [0.15, 0.2) is 11.6 Å². The highest BCUT2D eigenvalue weighted by Gasteiger charge is 2.67. The summed E-state index contributed by atoms with van der Waals surface area (Å²) in [5.41, 5.74) is 8.21. The summed E-state index contributed by atoms with van der Waals surface area (Å²) in [4.78, 5) is 15.3. The SMILES string of the molecule is CC1(c2nc(-c3ccccc3)nc(-c3ccccc3)n2)C=CC2=C(C1)C1(c3cc(C#N)ccc32)C2CC3CC(C2)C1C3. The summed E-state index contributed by atoms with van der Waals surface area (Å²) in [5.74, 6) is 5.29. The van der Waals surface area contributed by atoms with E-state index in [1.54, 1.807) is 5.57 Å². The van der Waals surface area contributed by atoms with Crippen molar-refractivity contribution in [2.75, 3.05) is 0 Å². The number of allylic oxidation sites excluding steroid dienone is 4. The van der Waals surface area contributed by atoms with Gasteiger partial charge in [0.1, 0.15) is 5.82 Å². The molecule has 0 radical (unpaired) electrons. The smallest absolute Gasteiger partial charge is 0.163 e. The molecular weight excluding hydrogens is 512 g/mol. The first-order valence-electron chi connectivity index (χ1n) is 15.4. The van der Waals surface area contributed by atoms with Gasteiger partial charge in [0, 0.05) is 22.0 Å². The van der Waals surface area contributed by atoms with E-state index < -0.39 is 0 Å². The zero-order valence-electron chi connectivity index (χ0n) is 23.8. The number of aromatic nitrogens is 3. The minimum absolute atomic E-state index is 0.0404. The molecule has 4 aromatic rings. The lowest BCUT2D eigenvalue weighted by Gasteiger charge is -2.47. The lowest BCUT2D eigenvalue weighted by Crippen LogP contribution is -2.43. The molecule has 6 unspecified atom stereocenters. The molecule has 6 atom stereocenters. The maximum absolute atomic E-state index is 9.89. The molecular formula is C38H32N4. The Bertz CT molecular complexity index is 1800. The van der Waals surface area contributed by atoms with E-state index >= 15 is 0 Å². The molecule has 1 heterocycles. The quantitative estimate of drug-likeness (QED) is 0.262. The van der Waals surface area contributed by atoms with Crippen LogP contribution in [0.1, 0.15) is 61.5 Å². The first kappa shape index (κ1) is 24.3. The van der Waals surface area contributed by atoms with Gasteiger partial charge in [0.25, 0.3) is 0 Å². The van der Waals surface area contributed by atoms with Crippen LogP contribution in [-0.4, -0.2) is 15.0 Å². The lowest BCUT2D eigenvalue weighted by molar-refractivity contribution is 0.179. The first-order chi connectivity index (χ1) is 20.6. The number of hydrogen-bond acceptors (Lipinski definition) is 4. The Morgan fingerprint density at radius 1 is 0.810 bits per heavy atom. The van der Waals surface area contributed by atoms with Crippen molar-refractivity contribution < 1.29 is 0 Å². The van der Waals surface area contributed by atoms with Gasteiger partial charge in [-0.05, 0) is 97.1 Å². The van der Waals surface area contributed by atoms with Crippen LogP contribution in [0.25, 0.3) is 28.3 Å². The Kier molecular flexibility index (Phi) is 4.96. The summed E-state index contributed by atoms with van der Waals surface area (Å²) in [6.07, 6.45) is 11.0. The molecule has 4 heteroatoms. The molecule has 1 aromatic heterocycles. The second kappa shape index (κ2) is 8.58. The first-order valence-corrected chi connectivity index (χ1v) is 15.4. The number of nitriles is 1. The predicted octanol–water partition coefficient (Wildman–Crippen LogP) is 8.07. The van der Waals surface area contributed by atoms with Crippen LogP contribution in [0.4, 0.5) is 0 Å². The summed E-state index contributed by atoms with van der Waals surface area (Å²) < 4.78 is 0. The molecule has 6 aliphatic rings. The molecule has 0 N–H and O–H groups in total. The minimum atomic E-state index is -0.373. The molecule has 42 heavy (non-hydrogen) atoms. The van der Waals surface area contributed by atoms with Crippen molar-refractivity contribution in [3.05, 3.63) is 119 Å². The van der Waals surface area contributed by atoms with Crippen LogP contribution in [0.2, 0.25) is 0 Å². The normalized spacial score (nSPS) is 31.4. The number of hydrogen-bond donors (Lipinski definition) is 0. The fourth-order valence-corrected chi connectivity index (χ4v) is 9.76. The van der Waals surface area contributed by atoms with Gasteiger partial charge in [-0.2, -0.15) is 5.26 Å². The zero-order valence-corrected chi connectivity index (χ0v) is 23.8. The van der Waals surface area contributed by atoms with Crippen LogP contribution in [0.5, 0.6) is 0 Å². The summed E-state index contributed by atoms with van der Waals surface area (Å²) in [6, 6.07) is 29.5. The molecule has 4 fully saturated rings. The Morgan fingerprint density at radius 3 is 2.19 bits per heavy atom. The fourth-order valence-electron chi connectivity index (χ4n) is 9.76. The maximum Gasteiger partial charge on any atom is 0.163 e. The Morgan fingerprint density at radius 2 is 1.52 bits per heavy atom. The van der Waals surface area contributed by atoms with Crippen molar-refractivity contribution in [2.24, 2.45) is 23.7 Å². The molecule has 4 saturated carbocycles. The minimum Gasteiger partial charge on any atom is -0.212 e. The second-order valence-corrected chi connectivity index (χ2v) is 13.5. The van der Waals surface area contributed by atoms with Crippen LogP contribution >= 0.6 is 0 Å². The topological polar surface area (TPSA) is 62.5 Å². The average Bonchev–Trinajstić information content (AvgIpc) is 3.58. The van der Waals surface area contributed by atoms with Crippen LogP contribution in [0, 0.1) is 35.0 Å². The van der Waals surface area contributed by atoms with Gasteiger partial charge in [0.2, 0.25) is 0 Å². The van der Waals surface area contributed by atoms with Crippen molar-refractivity contribution in [2.45, 2.75) is 49.9 Å². The molecule has 204 valence electrons. The van der Waals surface area contributed by atoms with Crippen LogP contribution in [-0.2, 0) is 10.8 Å². The van der Waals surface area contributed by atoms with Crippen molar-refractivity contribution in [3.63, 3.8) is 0 Å². The molecule has 1 spiro atoms. The average molecular weight is 545 g/mol. The number of rotatable bonds is 3. The Hall–Kier alpha value is -4.36. The molecule has 10 rings (SSSR count). The van der Waals surface area contributed by atoms with Crippen molar-refractivity contribution >= 4 is 5.57 Å². The molecule has 0 amide bonds. The van der Waals surface area contributed by atoms with Gasteiger partial charge in [-0.15, -0.1) is 0 Å². The molecule has 4 bridgehead atoms. The summed E-state index contributed by atoms with van der Waals surface area (Å²) >= 11 is 0. The van der Waals surface area contributed by atoms with E-state index in [0.29, 0.717) is 11.8 Å². The van der Waals surface area contributed by atoms with Crippen molar-refractivity contribution in [1.29, 1.82) is 5.26 Å². The van der Waals surface area contributed by atoms with Crippen LogP contribution in [0.15, 0.2) is 96.6 Å². The Balaban J connectivity index is 1.21. The monoisotopic (exact) mass is 544 g/mol. The fraction of sp³-hybridized carbons (Fsp3) is 0.316. The van der Waals surface area contributed by atoms with E-state index in [1.165, 1.54) is 42.4 Å².